The standard InChI is InChI=1S/C20H21ClN2O4/c1-4-27-18-9-5-14(11-19(18)26-3)6-10-20(25)23-17-12-15(22-13(2)24)7-8-16(17)21/h5-12H,4H2,1-3H3,(H,22,24)(H,23,25). The molecule has 0 aliphatic rings. The van der Waals surface area contributed by atoms with Crippen LogP contribution in [-0.2, 0) is 9.59 Å². The Labute approximate surface area is 163 Å². The van der Waals surface area contributed by atoms with Gasteiger partial charge in [0.25, 0.3) is 0 Å². The maximum absolute atomic E-state index is 12.2. The highest BCUT2D eigenvalue weighted by Gasteiger charge is 2.07. The summed E-state index contributed by atoms with van der Waals surface area (Å²) in [5, 5.41) is 5.70. The van der Waals surface area contributed by atoms with Crippen LogP contribution in [0.3, 0.4) is 0 Å². The maximum Gasteiger partial charge on any atom is 0.248 e. The molecular formula is C20H21ClN2O4. The van der Waals surface area contributed by atoms with Crippen molar-refractivity contribution in [3.05, 3.63) is 53.1 Å². The normalized spacial score (nSPS) is 10.5. The number of nitrogens with one attached hydrogen (secondary N) is 2. The largest absolute Gasteiger partial charge is 0.493 e. The molecule has 0 radical (unpaired) electrons. The summed E-state index contributed by atoms with van der Waals surface area (Å²) in [4.78, 5) is 23.3. The molecular weight excluding hydrogens is 368 g/mol. The second-order valence-corrected chi connectivity index (χ2v) is 5.95. The molecule has 0 saturated carbocycles. The van der Waals surface area contributed by atoms with Crippen LogP contribution in [0.4, 0.5) is 11.4 Å². The molecule has 27 heavy (non-hydrogen) atoms. The lowest BCUT2D eigenvalue weighted by molar-refractivity contribution is -0.114. The Morgan fingerprint density at radius 3 is 2.56 bits per heavy atom. The molecule has 0 unspecified atom stereocenters. The van der Waals surface area contributed by atoms with Crippen molar-refractivity contribution >= 4 is 40.9 Å². The summed E-state index contributed by atoms with van der Waals surface area (Å²) < 4.78 is 10.8. The molecule has 2 amide bonds. The zero-order valence-electron chi connectivity index (χ0n) is 15.3. The van der Waals surface area contributed by atoms with Gasteiger partial charge >= 0.3 is 0 Å². The fourth-order valence-corrected chi connectivity index (χ4v) is 2.48. The van der Waals surface area contributed by atoms with Gasteiger partial charge in [0, 0.05) is 18.7 Å². The predicted molar refractivity (Wildman–Crippen MR) is 108 cm³/mol. The van der Waals surface area contributed by atoms with E-state index >= 15 is 0 Å². The van der Waals surface area contributed by atoms with Crippen molar-refractivity contribution in [1.29, 1.82) is 0 Å². The van der Waals surface area contributed by atoms with E-state index in [1.807, 2.05) is 13.0 Å². The Balaban J connectivity index is 2.10. The molecule has 0 spiro atoms. The van der Waals surface area contributed by atoms with Crippen molar-refractivity contribution in [2.24, 2.45) is 0 Å². The second-order valence-electron chi connectivity index (χ2n) is 5.54. The van der Waals surface area contributed by atoms with Gasteiger partial charge in [-0.15, -0.1) is 0 Å². The predicted octanol–water partition coefficient (Wildman–Crippen LogP) is 4.36. The van der Waals surface area contributed by atoms with Gasteiger partial charge in [0.15, 0.2) is 11.5 Å². The highest BCUT2D eigenvalue weighted by Crippen LogP contribution is 2.29. The van der Waals surface area contributed by atoms with E-state index in [0.717, 1.165) is 5.56 Å². The van der Waals surface area contributed by atoms with E-state index < -0.39 is 0 Å². The van der Waals surface area contributed by atoms with Gasteiger partial charge in [0.05, 0.1) is 24.4 Å². The minimum atomic E-state index is -0.357. The molecule has 2 N–H and O–H groups in total. The molecule has 6 nitrogen and oxygen atoms in total. The van der Waals surface area contributed by atoms with Crippen LogP contribution in [0, 0.1) is 0 Å². The molecule has 0 fully saturated rings. The van der Waals surface area contributed by atoms with E-state index in [9.17, 15) is 9.59 Å². The number of rotatable bonds is 7. The SMILES string of the molecule is CCOc1ccc(C=CC(=O)Nc2cc(NC(C)=O)ccc2Cl)cc1OC. The molecule has 0 heterocycles. The lowest BCUT2D eigenvalue weighted by Gasteiger charge is -2.10. The van der Waals surface area contributed by atoms with Gasteiger partial charge in [-0.1, -0.05) is 17.7 Å². The number of hydrogen-bond donors (Lipinski definition) is 2. The van der Waals surface area contributed by atoms with Crippen LogP contribution in [0.25, 0.3) is 6.08 Å². The average Bonchev–Trinajstić information content (AvgIpc) is 2.63. The summed E-state index contributed by atoms with van der Waals surface area (Å²) in [5.41, 5.74) is 1.73. The van der Waals surface area contributed by atoms with Crippen LogP contribution in [0.1, 0.15) is 19.4 Å². The summed E-state index contributed by atoms with van der Waals surface area (Å²) in [5.74, 6) is 0.664. The first-order chi connectivity index (χ1) is 12.9. The van der Waals surface area contributed by atoms with Crippen LogP contribution in [0.2, 0.25) is 5.02 Å². The summed E-state index contributed by atoms with van der Waals surface area (Å²) in [6.45, 7) is 3.83. The monoisotopic (exact) mass is 388 g/mol. The molecule has 0 atom stereocenters. The Bertz CT molecular complexity index is 865. The Kier molecular flexibility index (Phi) is 7.25. The van der Waals surface area contributed by atoms with Crippen LogP contribution < -0.4 is 20.1 Å². The van der Waals surface area contributed by atoms with Gasteiger partial charge < -0.3 is 20.1 Å². The third-order valence-corrected chi connectivity index (χ3v) is 3.79. The quantitative estimate of drug-likeness (QED) is 0.691. The van der Waals surface area contributed by atoms with Crippen LogP contribution in [0.5, 0.6) is 11.5 Å². The van der Waals surface area contributed by atoms with Crippen molar-refractivity contribution < 1.29 is 19.1 Å². The number of benzene rings is 2. The molecule has 7 heteroatoms. The average molecular weight is 389 g/mol. The molecule has 0 saturated heterocycles. The first-order valence-electron chi connectivity index (χ1n) is 8.30. The number of amides is 2. The number of anilines is 2. The maximum atomic E-state index is 12.2. The summed E-state index contributed by atoms with van der Waals surface area (Å²) >= 11 is 6.10. The lowest BCUT2D eigenvalue weighted by atomic mass is 10.2. The van der Waals surface area contributed by atoms with E-state index in [1.165, 1.54) is 13.0 Å². The smallest absolute Gasteiger partial charge is 0.248 e. The third kappa shape index (κ3) is 6.04. The van der Waals surface area contributed by atoms with Crippen LogP contribution in [0.15, 0.2) is 42.5 Å². The highest BCUT2D eigenvalue weighted by atomic mass is 35.5. The number of carbonyl (C=O) groups excluding carboxylic acids is 2. The van der Waals surface area contributed by atoms with Gasteiger partial charge in [0.1, 0.15) is 0 Å². The molecule has 142 valence electrons. The molecule has 2 aromatic rings. The zero-order chi connectivity index (χ0) is 19.8. The third-order valence-electron chi connectivity index (χ3n) is 3.46. The number of hydrogen-bond acceptors (Lipinski definition) is 4. The lowest BCUT2D eigenvalue weighted by Crippen LogP contribution is -2.10. The minimum Gasteiger partial charge on any atom is -0.493 e. The molecule has 0 bridgehead atoms. The zero-order valence-corrected chi connectivity index (χ0v) is 16.1. The first kappa shape index (κ1) is 20.3. The van der Waals surface area contributed by atoms with E-state index in [1.54, 1.807) is 43.5 Å². The number of methoxy groups -OCH3 is 1. The Morgan fingerprint density at radius 1 is 1.11 bits per heavy atom. The van der Waals surface area contributed by atoms with Crippen LogP contribution in [-0.4, -0.2) is 25.5 Å². The van der Waals surface area contributed by atoms with Crippen molar-refractivity contribution in [3.63, 3.8) is 0 Å². The van der Waals surface area contributed by atoms with Gasteiger partial charge in [-0.3, -0.25) is 9.59 Å². The summed E-state index contributed by atoms with van der Waals surface area (Å²) in [6.07, 6.45) is 3.04. The van der Waals surface area contributed by atoms with Crippen LogP contribution >= 0.6 is 11.6 Å². The van der Waals surface area contributed by atoms with E-state index in [-0.39, 0.29) is 11.8 Å². The van der Waals surface area contributed by atoms with Gasteiger partial charge in [-0.05, 0) is 48.9 Å². The van der Waals surface area contributed by atoms with E-state index in [2.05, 4.69) is 10.6 Å². The Hall–Kier alpha value is -2.99. The fourth-order valence-electron chi connectivity index (χ4n) is 2.31. The Morgan fingerprint density at radius 2 is 1.89 bits per heavy atom. The van der Waals surface area contributed by atoms with Crippen molar-refractivity contribution in [1.82, 2.24) is 0 Å². The molecule has 2 rings (SSSR count). The van der Waals surface area contributed by atoms with Crippen molar-refractivity contribution in [3.8, 4) is 11.5 Å². The second kappa shape index (κ2) is 9.64. The van der Waals surface area contributed by atoms with Crippen molar-refractivity contribution in [2.45, 2.75) is 13.8 Å². The van der Waals surface area contributed by atoms with Gasteiger partial charge in [-0.2, -0.15) is 0 Å². The number of halogens is 1. The van der Waals surface area contributed by atoms with E-state index in [4.69, 9.17) is 21.1 Å². The van der Waals surface area contributed by atoms with Gasteiger partial charge in [-0.25, -0.2) is 0 Å². The number of carbonyl (C=O) groups is 2. The minimum absolute atomic E-state index is 0.209. The molecule has 0 aliphatic heterocycles. The fraction of sp³-hybridized carbons (Fsp3) is 0.200. The molecule has 2 aromatic carbocycles. The van der Waals surface area contributed by atoms with E-state index in [0.29, 0.717) is 34.5 Å². The highest BCUT2D eigenvalue weighted by molar-refractivity contribution is 6.34. The number of ether oxygens (including phenoxy) is 2. The van der Waals surface area contributed by atoms with Crippen molar-refractivity contribution in [2.75, 3.05) is 24.4 Å². The molecule has 0 aliphatic carbocycles. The van der Waals surface area contributed by atoms with Gasteiger partial charge in [0.2, 0.25) is 11.8 Å². The first-order valence-corrected chi connectivity index (χ1v) is 8.67. The summed E-state index contributed by atoms with van der Waals surface area (Å²) in [6, 6.07) is 10.2. The summed E-state index contributed by atoms with van der Waals surface area (Å²) in [7, 11) is 1.56. The topological polar surface area (TPSA) is 76.7 Å². The molecule has 0 aromatic heterocycles.